The van der Waals surface area contributed by atoms with Crippen molar-refractivity contribution in [3.05, 3.63) is 35.9 Å². The third-order valence-electron chi connectivity index (χ3n) is 5.02. The molecule has 5 heteroatoms. The van der Waals surface area contributed by atoms with E-state index in [1.54, 1.807) is 4.90 Å². The highest BCUT2D eigenvalue weighted by molar-refractivity contribution is 6.74. The number of hydrogen-bond donors (Lipinski definition) is 0. The molecule has 1 rings (SSSR count). The summed E-state index contributed by atoms with van der Waals surface area (Å²) in [7, 11) is -1.82. The molecule has 0 aliphatic rings. The zero-order valence-electron chi connectivity index (χ0n) is 18.6. The van der Waals surface area contributed by atoms with Gasteiger partial charge in [0.05, 0.1) is 6.61 Å². The number of aryl methyl sites for hydroxylation is 1. The van der Waals surface area contributed by atoms with Crippen molar-refractivity contribution < 1.29 is 14.0 Å². The van der Waals surface area contributed by atoms with Gasteiger partial charge in [0.1, 0.15) is 5.60 Å². The van der Waals surface area contributed by atoms with Gasteiger partial charge in [0.25, 0.3) is 0 Å². The second kappa shape index (κ2) is 9.74. The van der Waals surface area contributed by atoms with Crippen LogP contribution in [0, 0.1) is 0 Å². The minimum atomic E-state index is -1.82. The van der Waals surface area contributed by atoms with Crippen LogP contribution in [-0.4, -0.2) is 44.6 Å². The van der Waals surface area contributed by atoms with Crippen LogP contribution in [0.4, 0.5) is 4.79 Å². The SMILES string of the molecule is CC(C)(C)OC(=O)N(CCCc1ccccc1)CCO[Si](C)(C)C(C)(C)C. The van der Waals surface area contributed by atoms with Gasteiger partial charge in [-0.15, -0.1) is 0 Å². The van der Waals surface area contributed by atoms with Gasteiger partial charge in [-0.3, -0.25) is 0 Å². The van der Waals surface area contributed by atoms with E-state index in [2.05, 4.69) is 46.0 Å². The predicted molar refractivity (Wildman–Crippen MR) is 116 cm³/mol. The first-order valence-corrected chi connectivity index (χ1v) is 12.9. The molecule has 0 aromatic heterocycles. The van der Waals surface area contributed by atoms with Gasteiger partial charge < -0.3 is 14.1 Å². The second-order valence-electron chi connectivity index (χ2n) is 9.67. The van der Waals surface area contributed by atoms with Gasteiger partial charge in [0.15, 0.2) is 8.32 Å². The van der Waals surface area contributed by atoms with Crippen molar-refractivity contribution >= 4 is 14.4 Å². The summed E-state index contributed by atoms with van der Waals surface area (Å²) < 4.78 is 11.9. The predicted octanol–water partition coefficient (Wildman–Crippen LogP) is 5.88. The van der Waals surface area contributed by atoms with Crippen molar-refractivity contribution in [3.63, 3.8) is 0 Å². The Morgan fingerprint density at radius 1 is 1.00 bits per heavy atom. The molecule has 0 spiro atoms. The maximum atomic E-state index is 12.6. The maximum absolute atomic E-state index is 12.6. The largest absolute Gasteiger partial charge is 0.444 e. The quantitative estimate of drug-likeness (QED) is 0.518. The molecule has 4 nitrogen and oxygen atoms in total. The molecule has 1 aromatic carbocycles. The van der Waals surface area contributed by atoms with Gasteiger partial charge in [-0.05, 0) is 57.3 Å². The number of ether oxygens (including phenoxy) is 1. The van der Waals surface area contributed by atoms with E-state index in [4.69, 9.17) is 9.16 Å². The molecule has 1 amide bonds. The molecule has 0 heterocycles. The Balaban J connectivity index is 2.63. The van der Waals surface area contributed by atoms with Crippen LogP contribution >= 0.6 is 0 Å². The van der Waals surface area contributed by atoms with E-state index in [0.29, 0.717) is 19.7 Å². The summed E-state index contributed by atoms with van der Waals surface area (Å²) in [6, 6.07) is 10.4. The van der Waals surface area contributed by atoms with Crippen molar-refractivity contribution in [2.24, 2.45) is 0 Å². The van der Waals surface area contributed by atoms with Crippen molar-refractivity contribution in [2.45, 2.75) is 78.1 Å². The van der Waals surface area contributed by atoms with Crippen LogP contribution in [0.25, 0.3) is 0 Å². The first kappa shape index (κ1) is 23.7. The van der Waals surface area contributed by atoms with Gasteiger partial charge in [0.2, 0.25) is 0 Å². The molecule has 0 radical (unpaired) electrons. The van der Waals surface area contributed by atoms with E-state index in [-0.39, 0.29) is 11.1 Å². The number of rotatable bonds is 8. The van der Waals surface area contributed by atoms with Crippen molar-refractivity contribution in [2.75, 3.05) is 19.7 Å². The van der Waals surface area contributed by atoms with Crippen LogP contribution in [0.3, 0.4) is 0 Å². The standard InChI is InChI=1S/C22H39NO3Si/c1-21(2,3)26-20(24)23(16-12-15-19-13-10-9-11-14-19)17-18-25-27(7,8)22(4,5)6/h9-11,13-14H,12,15-18H2,1-8H3. The van der Waals surface area contributed by atoms with Crippen LogP contribution in [0.5, 0.6) is 0 Å². The van der Waals surface area contributed by atoms with Gasteiger partial charge >= 0.3 is 6.09 Å². The summed E-state index contributed by atoms with van der Waals surface area (Å²) in [6.45, 7) is 18.7. The van der Waals surface area contributed by atoms with Gasteiger partial charge in [-0.25, -0.2) is 4.79 Å². The van der Waals surface area contributed by atoms with Crippen LogP contribution in [0.15, 0.2) is 30.3 Å². The Hall–Kier alpha value is -1.33. The van der Waals surface area contributed by atoms with Crippen molar-refractivity contribution in [3.8, 4) is 0 Å². The Labute approximate surface area is 167 Å². The summed E-state index contributed by atoms with van der Waals surface area (Å²) in [4.78, 5) is 14.4. The fraction of sp³-hybridized carbons (Fsp3) is 0.682. The van der Waals surface area contributed by atoms with E-state index < -0.39 is 13.9 Å². The number of carbonyl (C=O) groups is 1. The number of amides is 1. The van der Waals surface area contributed by atoms with Crippen molar-refractivity contribution in [1.82, 2.24) is 4.90 Å². The lowest BCUT2D eigenvalue weighted by atomic mass is 10.1. The van der Waals surface area contributed by atoms with Gasteiger partial charge in [0, 0.05) is 13.1 Å². The number of nitrogens with zero attached hydrogens (tertiary/aromatic N) is 1. The highest BCUT2D eigenvalue weighted by Crippen LogP contribution is 2.36. The number of benzene rings is 1. The fourth-order valence-corrected chi connectivity index (χ4v) is 3.40. The minimum Gasteiger partial charge on any atom is -0.444 e. The normalized spacial score (nSPS) is 12.7. The molecule has 0 saturated carbocycles. The maximum Gasteiger partial charge on any atom is 0.410 e. The summed E-state index contributed by atoms with van der Waals surface area (Å²) in [6.07, 6.45) is 1.60. The molecular formula is C22H39NO3Si. The van der Waals surface area contributed by atoms with Crippen LogP contribution in [0.2, 0.25) is 18.1 Å². The Kier molecular flexibility index (Phi) is 8.55. The third kappa shape index (κ3) is 8.93. The Bertz CT molecular complexity index is 573. The van der Waals surface area contributed by atoms with Crippen LogP contribution in [-0.2, 0) is 15.6 Å². The van der Waals surface area contributed by atoms with E-state index in [0.717, 1.165) is 12.8 Å². The van der Waals surface area contributed by atoms with E-state index >= 15 is 0 Å². The van der Waals surface area contributed by atoms with Gasteiger partial charge in [-0.2, -0.15) is 0 Å². The van der Waals surface area contributed by atoms with Crippen LogP contribution < -0.4 is 0 Å². The lowest BCUT2D eigenvalue weighted by molar-refractivity contribution is 0.0220. The third-order valence-corrected chi connectivity index (χ3v) is 9.56. The zero-order chi connectivity index (χ0) is 20.7. The van der Waals surface area contributed by atoms with Crippen molar-refractivity contribution in [1.29, 1.82) is 0 Å². The molecule has 0 aliphatic heterocycles. The van der Waals surface area contributed by atoms with E-state index in [1.165, 1.54) is 5.56 Å². The summed E-state index contributed by atoms with van der Waals surface area (Å²) in [5.41, 5.74) is 0.800. The molecule has 154 valence electrons. The first-order chi connectivity index (χ1) is 12.3. The van der Waals surface area contributed by atoms with E-state index in [1.807, 2.05) is 39.0 Å². The molecule has 0 N–H and O–H groups in total. The fourth-order valence-electron chi connectivity index (χ4n) is 2.37. The molecule has 1 aromatic rings. The number of carbonyl (C=O) groups excluding carboxylic acids is 1. The molecule has 0 saturated heterocycles. The van der Waals surface area contributed by atoms with Gasteiger partial charge in [-0.1, -0.05) is 51.1 Å². The molecule has 0 unspecified atom stereocenters. The summed E-state index contributed by atoms with van der Waals surface area (Å²) >= 11 is 0. The topological polar surface area (TPSA) is 38.8 Å². The average molecular weight is 394 g/mol. The molecule has 27 heavy (non-hydrogen) atoms. The lowest BCUT2D eigenvalue weighted by Crippen LogP contribution is -2.44. The minimum absolute atomic E-state index is 0.164. The molecule has 0 bridgehead atoms. The monoisotopic (exact) mass is 393 g/mol. The summed E-state index contributed by atoms with van der Waals surface area (Å²) in [5, 5.41) is 0.164. The highest BCUT2D eigenvalue weighted by atomic mass is 28.4. The average Bonchev–Trinajstić information content (AvgIpc) is 2.51. The Morgan fingerprint density at radius 2 is 1.59 bits per heavy atom. The first-order valence-electron chi connectivity index (χ1n) is 9.98. The smallest absolute Gasteiger partial charge is 0.410 e. The zero-order valence-corrected chi connectivity index (χ0v) is 19.6. The Morgan fingerprint density at radius 3 is 2.11 bits per heavy atom. The van der Waals surface area contributed by atoms with Crippen LogP contribution in [0.1, 0.15) is 53.5 Å². The molecule has 0 atom stereocenters. The molecule has 0 aliphatic carbocycles. The highest BCUT2D eigenvalue weighted by Gasteiger charge is 2.37. The van der Waals surface area contributed by atoms with E-state index in [9.17, 15) is 4.79 Å². The lowest BCUT2D eigenvalue weighted by Gasteiger charge is -2.37. The second-order valence-corrected chi connectivity index (χ2v) is 14.5. The number of hydrogen-bond acceptors (Lipinski definition) is 3. The molecular weight excluding hydrogens is 354 g/mol. The summed E-state index contributed by atoms with van der Waals surface area (Å²) in [5.74, 6) is 0. The molecule has 0 fully saturated rings.